The third-order valence-corrected chi connectivity index (χ3v) is 8.55. The standard InChI is InChI=1S/C20H20Cl2N2O2S2/c1-12-3-6-16(7-13(12)2)24-19-11-28(25,26)10-18(19)23-20(24)27-9-14-4-5-15(21)8-17(14)22/h3-8,18-19H,9-11H2,1-2H3. The summed E-state index contributed by atoms with van der Waals surface area (Å²) in [5, 5.41) is 2.08. The molecule has 0 N–H and O–H groups in total. The van der Waals surface area contributed by atoms with Crippen molar-refractivity contribution in [2.75, 3.05) is 16.4 Å². The first kappa shape index (κ1) is 20.1. The topological polar surface area (TPSA) is 49.7 Å². The molecular formula is C20H20Cl2N2O2S2. The second-order valence-corrected chi connectivity index (χ2v) is 11.2. The Morgan fingerprint density at radius 1 is 1.11 bits per heavy atom. The maximum absolute atomic E-state index is 12.2. The zero-order valence-corrected chi connectivity index (χ0v) is 18.7. The van der Waals surface area contributed by atoms with Crippen LogP contribution in [0.4, 0.5) is 5.69 Å². The number of hydrogen-bond acceptors (Lipinski definition) is 5. The van der Waals surface area contributed by atoms with E-state index in [1.165, 1.54) is 11.1 Å². The zero-order chi connectivity index (χ0) is 20.1. The number of halogens is 2. The summed E-state index contributed by atoms with van der Waals surface area (Å²) in [5.41, 5.74) is 4.34. The van der Waals surface area contributed by atoms with Crippen molar-refractivity contribution in [3.05, 3.63) is 63.1 Å². The normalized spacial score (nSPS) is 23.0. The van der Waals surface area contributed by atoms with Crippen molar-refractivity contribution in [1.82, 2.24) is 0 Å². The predicted octanol–water partition coefficient (Wildman–Crippen LogP) is 4.89. The molecule has 0 radical (unpaired) electrons. The second-order valence-electron chi connectivity index (χ2n) is 7.29. The van der Waals surface area contributed by atoms with Gasteiger partial charge in [0, 0.05) is 21.5 Å². The Labute approximate surface area is 179 Å². The molecule has 1 saturated heterocycles. The van der Waals surface area contributed by atoms with Crippen LogP contribution in [0.15, 0.2) is 41.4 Å². The van der Waals surface area contributed by atoms with Gasteiger partial charge in [-0.05, 0) is 54.8 Å². The largest absolute Gasteiger partial charge is 0.315 e. The Hall–Kier alpha value is -1.21. The van der Waals surface area contributed by atoms with Gasteiger partial charge in [0.05, 0.1) is 23.6 Å². The number of benzene rings is 2. The van der Waals surface area contributed by atoms with Gasteiger partial charge in [-0.25, -0.2) is 8.42 Å². The average Bonchev–Trinajstić information content (AvgIpc) is 3.08. The number of aliphatic imine (C=N–C) groups is 1. The lowest BCUT2D eigenvalue weighted by Crippen LogP contribution is -2.39. The quantitative estimate of drug-likeness (QED) is 0.662. The van der Waals surface area contributed by atoms with E-state index in [-0.39, 0.29) is 23.6 Å². The van der Waals surface area contributed by atoms with Crippen LogP contribution in [-0.4, -0.2) is 37.2 Å². The summed E-state index contributed by atoms with van der Waals surface area (Å²) in [6.45, 7) is 4.13. The number of sulfone groups is 1. The van der Waals surface area contributed by atoms with Crippen LogP contribution in [-0.2, 0) is 15.6 Å². The summed E-state index contributed by atoms with van der Waals surface area (Å²) >= 11 is 13.9. The fourth-order valence-corrected chi connectivity index (χ4v) is 7.12. The first-order chi connectivity index (χ1) is 13.2. The molecule has 0 bridgehead atoms. The number of aryl methyl sites for hydroxylation is 2. The molecular weight excluding hydrogens is 435 g/mol. The molecule has 2 aliphatic rings. The molecule has 4 nitrogen and oxygen atoms in total. The third-order valence-electron chi connectivity index (χ3n) is 5.25. The van der Waals surface area contributed by atoms with Crippen molar-refractivity contribution in [1.29, 1.82) is 0 Å². The molecule has 2 atom stereocenters. The molecule has 2 aliphatic heterocycles. The third kappa shape index (κ3) is 3.92. The van der Waals surface area contributed by atoms with Gasteiger partial charge in [0.25, 0.3) is 0 Å². The van der Waals surface area contributed by atoms with E-state index in [2.05, 4.69) is 30.9 Å². The van der Waals surface area contributed by atoms with Crippen LogP contribution in [0.5, 0.6) is 0 Å². The SMILES string of the molecule is Cc1ccc(N2C(SCc3ccc(Cl)cc3Cl)=NC3CS(=O)(=O)CC32)cc1C. The van der Waals surface area contributed by atoms with Crippen molar-refractivity contribution >= 4 is 55.7 Å². The van der Waals surface area contributed by atoms with E-state index in [0.717, 1.165) is 16.4 Å². The summed E-state index contributed by atoms with van der Waals surface area (Å²) in [5.74, 6) is 0.896. The van der Waals surface area contributed by atoms with Crippen molar-refractivity contribution in [3.63, 3.8) is 0 Å². The number of hydrogen-bond donors (Lipinski definition) is 0. The molecule has 1 fully saturated rings. The highest BCUT2D eigenvalue weighted by Crippen LogP contribution is 2.37. The van der Waals surface area contributed by atoms with Gasteiger partial charge >= 0.3 is 0 Å². The lowest BCUT2D eigenvalue weighted by molar-refractivity contribution is 0.601. The maximum Gasteiger partial charge on any atom is 0.164 e. The molecule has 0 aliphatic carbocycles. The Bertz CT molecular complexity index is 1070. The Morgan fingerprint density at radius 3 is 2.61 bits per heavy atom. The van der Waals surface area contributed by atoms with Gasteiger partial charge in [0.2, 0.25) is 0 Å². The molecule has 2 aromatic rings. The van der Waals surface area contributed by atoms with Gasteiger partial charge < -0.3 is 4.90 Å². The molecule has 0 amide bonds. The molecule has 8 heteroatoms. The van der Waals surface area contributed by atoms with E-state index < -0.39 is 9.84 Å². The van der Waals surface area contributed by atoms with E-state index in [1.807, 2.05) is 18.2 Å². The molecule has 0 spiro atoms. The molecule has 2 heterocycles. The monoisotopic (exact) mass is 454 g/mol. The highest BCUT2D eigenvalue weighted by Gasteiger charge is 2.47. The highest BCUT2D eigenvalue weighted by molar-refractivity contribution is 8.13. The van der Waals surface area contributed by atoms with Crippen molar-refractivity contribution in [2.24, 2.45) is 4.99 Å². The minimum atomic E-state index is -3.06. The number of fused-ring (bicyclic) bond motifs is 1. The van der Waals surface area contributed by atoms with Crippen LogP contribution in [0.3, 0.4) is 0 Å². The Balaban J connectivity index is 1.64. The Kier molecular flexibility index (Phi) is 5.42. The number of rotatable bonds is 3. The first-order valence-corrected chi connectivity index (χ1v) is 12.5. The fourth-order valence-electron chi connectivity index (χ4n) is 3.59. The maximum atomic E-state index is 12.2. The molecule has 28 heavy (non-hydrogen) atoms. The van der Waals surface area contributed by atoms with Gasteiger partial charge in [-0.2, -0.15) is 0 Å². The van der Waals surface area contributed by atoms with Crippen LogP contribution >= 0.6 is 35.0 Å². The smallest absolute Gasteiger partial charge is 0.164 e. The molecule has 0 aromatic heterocycles. The molecule has 148 valence electrons. The number of amidine groups is 1. The lowest BCUT2D eigenvalue weighted by atomic mass is 10.1. The van der Waals surface area contributed by atoms with Gasteiger partial charge in [-0.3, -0.25) is 4.99 Å². The van der Waals surface area contributed by atoms with E-state index in [0.29, 0.717) is 15.8 Å². The summed E-state index contributed by atoms with van der Waals surface area (Å²) in [6, 6.07) is 11.3. The predicted molar refractivity (Wildman–Crippen MR) is 120 cm³/mol. The van der Waals surface area contributed by atoms with Gasteiger partial charge in [-0.1, -0.05) is 47.1 Å². The van der Waals surface area contributed by atoms with E-state index in [9.17, 15) is 8.42 Å². The number of thioether (sulfide) groups is 1. The summed E-state index contributed by atoms with van der Waals surface area (Å²) in [4.78, 5) is 6.87. The summed E-state index contributed by atoms with van der Waals surface area (Å²) in [6.07, 6.45) is 0. The van der Waals surface area contributed by atoms with Crippen LogP contribution in [0.1, 0.15) is 16.7 Å². The Morgan fingerprint density at radius 2 is 1.89 bits per heavy atom. The molecule has 2 unspecified atom stereocenters. The minimum absolute atomic E-state index is 0.116. The van der Waals surface area contributed by atoms with Crippen molar-refractivity contribution < 1.29 is 8.42 Å². The van der Waals surface area contributed by atoms with Crippen LogP contribution in [0.2, 0.25) is 10.0 Å². The summed E-state index contributed by atoms with van der Waals surface area (Å²) < 4.78 is 24.3. The molecule has 2 aromatic carbocycles. The lowest BCUT2D eigenvalue weighted by Gasteiger charge is -2.27. The minimum Gasteiger partial charge on any atom is -0.315 e. The van der Waals surface area contributed by atoms with E-state index in [1.54, 1.807) is 17.8 Å². The van der Waals surface area contributed by atoms with Crippen molar-refractivity contribution in [3.8, 4) is 0 Å². The van der Waals surface area contributed by atoms with Gasteiger partial charge in [-0.15, -0.1) is 0 Å². The number of nitrogens with zero attached hydrogens (tertiary/aromatic N) is 2. The molecule has 0 saturated carbocycles. The second kappa shape index (κ2) is 7.56. The first-order valence-electron chi connectivity index (χ1n) is 8.95. The number of anilines is 1. The van der Waals surface area contributed by atoms with Gasteiger partial charge in [0.1, 0.15) is 0 Å². The van der Waals surface area contributed by atoms with Crippen LogP contribution < -0.4 is 4.90 Å². The van der Waals surface area contributed by atoms with E-state index in [4.69, 9.17) is 28.2 Å². The fraction of sp³-hybridized carbons (Fsp3) is 0.350. The average molecular weight is 455 g/mol. The summed E-state index contributed by atoms with van der Waals surface area (Å²) in [7, 11) is -3.06. The van der Waals surface area contributed by atoms with Crippen LogP contribution in [0.25, 0.3) is 0 Å². The van der Waals surface area contributed by atoms with Crippen LogP contribution in [0, 0.1) is 13.8 Å². The van der Waals surface area contributed by atoms with Gasteiger partial charge in [0.15, 0.2) is 15.0 Å². The highest BCUT2D eigenvalue weighted by atomic mass is 35.5. The van der Waals surface area contributed by atoms with E-state index >= 15 is 0 Å². The van der Waals surface area contributed by atoms with Crippen molar-refractivity contribution in [2.45, 2.75) is 31.7 Å². The molecule has 4 rings (SSSR count). The zero-order valence-electron chi connectivity index (χ0n) is 15.5.